The zero-order valence-electron chi connectivity index (χ0n) is 10.4. The Bertz CT molecular complexity index is 269. The Morgan fingerprint density at radius 1 is 0.882 bits per heavy atom. The molecule has 0 unspecified atom stereocenters. The summed E-state index contributed by atoms with van der Waals surface area (Å²) in [5.74, 6) is -1.56. The van der Waals surface area contributed by atoms with Gasteiger partial charge < -0.3 is 10.2 Å². The molecule has 0 aliphatic carbocycles. The monoisotopic (exact) mass is 242 g/mol. The van der Waals surface area contributed by atoms with Crippen molar-refractivity contribution in [2.45, 2.75) is 58.3 Å². The molecule has 0 heterocycles. The topological polar surface area (TPSA) is 74.6 Å². The standard InChI is InChI=1S/C13H22O4/c1-2-11(13(16)17)9-7-5-3-4-6-8-10-12(14)15/h2H,3-10H2,1H3,(H,14,15)(H,16,17). The molecular weight excluding hydrogens is 220 g/mol. The largest absolute Gasteiger partial charge is 0.481 e. The van der Waals surface area contributed by atoms with E-state index in [4.69, 9.17) is 10.2 Å². The molecule has 0 spiro atoms. The van der Waals surface area contributed by atoms with Gasteiger partial charge in [-0.1, -0.05) is 31.8 Å². The number of aliphatic carboxylic acids is 2. The summed E-state index contributed by atoms with van der Waals surface area (Å²) in [5.41, 5.74) is 0.482. The van der Waals surface area contributed by atoms with Crippen molar-refractivity contribution in [1.29, 1.82) is 0 Å². The lowest BCUT2D eigenvalue weighted by atomic mass is 10.0. The molecule has 0 rings (SSSR count). The summed E-state index contributed by atoms with van der Waals surface area (Å²) in [5, 5.41) is 17.2. The van der Waals surface area contributed by atoms with Crippen molar-refractivity contribution in [2.24, 2.45) is 0 Å². The zero-order valence-corrected chi connectivity index (χ0v) is 10.4. The molecule has 0 atom stereocenters. The van der Waals surface area contributed by atoms with E-state index in [0.717, 1.165) is 38.5 Å². The second-order valence-electron chi connectivity index (χ2n) is 4.13. The molecule has 0 fully saturated rings. The van der Waals surface area contributed by atoms with Crippen molar-refractivity contribution in [3.8, 4) is 0 Å². The van der Waals surface area contributed by atoms with Crippen LogP contribution in [0.5, 0.6) is 0 Å². The number of rotatable bonds is 10. The van der Waals surface area contributed by atoms with E-state index >= 15 is 0 Å². The predicted molar refractivity (Wildman–Crippen MR) is 66.0 cm³/mol. The fourth-order valence-corrected chi connectivity index (χ4v) is 1.67. The van der Waals surface area contributed by atoms with Crippen LogP contribution in [0.2, 0.25) is 0 Å². The molecule has 0 aromatic heterocycles. The molecule has 0 aliphatic heterocycles. The molecule has 0 aromatic carbocycles. The number of carboxylic acids is 2. The van der Waals surface area contributed by atoms with E-state index in [-0.39, 0.29) is 6.42 Å². The first-order valence-electron chi connectivity index (χ1n) is 6.18. The fourth-order valence-electron chi connectivity index (χ4n) is 1.67. The minimum absolute atomic E-state index is 0.252. The number of hydrogen-bond acceptors (Lipinski definition) is 2. The van der Waals surface area contributed by atoms with Gasteiger partial charge in [-0.2, -0.15) is 0 Å². The molecule has 0 radical (unpaired) electrons. The molecule has 0 aliphatic rings. The molecule has 0 amide bonds. The van der Waals surface area contributed by atoms with Gasteiger partial charge in [0.05, 0.1) is 0 Å². The summed E-state index contributed by atoms with van der Waals surface area (Å²) in [4.78, 5) is 20.9. The summed E-state index contributed by atoms with van der Waals surface area (Å²) >= 11 is 0. The first-order valence-corrected chi connectivity index (χ1v) is 6.18. The van der Waals surface area contributed by atoms with Gasteiger partial charge in [0.2, 0.25) is 0 Å². The van der Waals surface area contributed by atoms with Gasteiger partial charge in [0, 0.05) is 12.0 Å². The van der Waals surface area contributed by atoms with Crippen LogP contribution in [-0.2, 0) is 9.59 Å². The molecule has 17 heavy (non-hydrogen) atoms. The van der Waals surface area contributed by atoms with E-state index in [9.17, 15) is 9.59 Å². The zero-order chi connectivity index (χ0) is 13.1. The Kier molecular flexibility index (Phi) is 9.11. The van der Waals surface area contributed by atoms with E-state index in [1.807, 2.05) is 0 Å². The van der Waals surface area contributed by atoms with Crippen LogP contribution in [0.4, 0.5) is 0 Å². The molecule has 2 N–H and O–H groups in total. The molecule has 0 bridgehead atoms. The number of carboxylic acid groups (broad SMARTS) is 2. The minimum Gasteiger partial charge on any atom is -0.481 e. The van der Waals surface area contributed by atoms with Crippen molar-refractivity contribution in [3.05, 3.63) is 11.6 Å². The van der Waals surface area contributed by atoms with Crippen molar-refractivity contribution >= 4 is 11.9 Å². The highest BCUT2D eigenvalue weighted by Gasteiger charge is 2.04. The second kappa shape index (κ2) is 9.87. The van der Waals surface area contributed by atoms with Crippen LogP contribution in [0.25, 0.3) is 0 Å². The predicted octanol–water partition coefficient (Wildman–Crippen LogP) is 3.22. The van der Waals surface area contributed by atoms with E-state index in [1.165, 1.54) is 0 Å². The van der Waals surface area contributed by atoms with Gasteiger partial charge in [0.1, 0.15) is 0 Å². The Labute approximate surface area is 102 Å². The quantitative estimate of drug-likeness (QED) is 0.455. The maximum Gasteiger partial charge on any atom is 0.331 e. The fraction of sp³-hybridized carbons (Fsp3) is 0.692. The summed E-state index contributed by atoms with van der Waals surface area (Å²) in [7, 11) is 0. The first kappa shape index (κ1) is 15.7. The van der Waals surface area contributed by atoms with E-state index < -0.39 is 11.9 Å². The van der Waals surface area contributed by atoms with E-state index in [0.29, 0.717) is 12.0 Å². The summed E-state index contributed by atoms with van der Waals surface area (Å²) in [6, 6.07) is 0. The molecule has 0 aromatic rings. The third-order valence-electron chi connectivity index (χ3n) is 2.71. The van der Waals surface area contributed by atoms with E-state index in [2.05, 4.69) is 0 Å². The van der Waals surface area contributed by atoms with Gasteiger partial charge in [-0.15, -0.1) is 0 Å². The highest BCUT2D eigenvalue weighted by atomic mass is 16.4. The van der Waals surface area contributed by atoms with Crippen molar-refractivity contribution in [1.82, 2.24) is 0 Å². The van der Waals surface area contributed by atoms with Crippen LogP contribution in [0.15, 0.2) is 11.6 Å². The third kappa shape index (κ3) is 9.60. The third-order valence-corrected chi connectivity index (χ3v) is 2.71. The van der Waals surface area contributed by atoms with Gasteiger partial charge in [0.15, 0.2) is 0 Å². The van der Waals surface area contributed by atoms with Crippen LogP contribution in [0.3, 0.4) is 0 Å². The lowest BCUT2D eigenvalue weighted by Gasteiger charge is -2.02. The second-order valence-corrected chi connectivity index (χ2v) is 4.13. The molecule has 98 valence electrons. The number of hydrogen-bond donors (Lipinski definition) is 2. The van der Waals surface area contributed by atoms with Crippen LogP contribution in [0, 0.1) is 0 Å². The molecule has 4 nitrogen and oxygen atoms in total. The average Bonchev–Trinajstić information content (AvgIpc) is 2.26. The van der Waals surface area contributed by atoms with Crippen molar-refractivity contribution in [2.75, 3.05) is 0 Å². The van der Waals surface area contributed by atoms with Crippen molar-refractivity contribution < 1.29 is 19.8 Å². The normalized spacial score (nSPS) is 11.5. The van der Waals surface area contributed by atoms with E-state index in [1.54, 1.807) is 13.0 Å². The maximum atomic E-state index is 10.7. The van der Waals surface area contributed by atoms with Gasteiger partial charge in [-0.3, -0.25) is 4.79 Å². The van der Waals surface area contributed by atoms with Crippen LogP contribution in [0.1, 0.15) is 58.3 Å². The van der Waals surface area contributed by atoms with Crippen LogP contribution >= 0.6 is 0 Å². The Balaban J connectivity index is 3.35. The van der Waals surface area contributed by atoms with Gasteiger partial charge >= 0.3 is 11.9 Å². The average molecular weight is 242 g/mol. The number of carbonyl (C=O) groups is 2. The lowest BCUT2D eigenvalue weighted by molar-refractivity contribution is -0.137. The van der Waals surface area contributed by atoms with Crippen LogP contribution in [-0.4, -0.2) is 22.2 Å². The molecular formula is C13H22O4. The minimum atomic E-state index is -0.825. The summed E-state index contributed by atoms with van der Waals surface area (Å²) in [6.07, 6.45) is 8.20. The highest BCUT2D eigenvalue weighted by Crippen LogP contribution is 2.12. The Morgan fingerprint density at radius 2 is 1.35 bits per heavy atom. The Hall–Kier alpha value is -1.32. The van der Waals surface area contributed by atoms with Crippen LogP contribution < -0.4 is 0 Å². The van der Waals surface area contributed by atoms with Crippen molar-refractivity contribution in [3.63, 3.8) is 0 Å². The summed E-state index contributed by atoms with van der Waals surface area (Å²) in [6.45, 7) is 1.75. The highest BCUT2D eigenvalue weighted by molar-refractivity contribution is 5.86. The SMILES string of the molecule is CC=C(CCCCCCCCC(=O)O)C(=O)O. The summed E-state index contributed by atoms with van der Waals surface area (Å²) < 4.78 is 0. The van der Waals surface area contributed by atoms with Gasteiger partial charge in [-0.25, -0.2) is 4.79 Å². The molecule has 4 heteroatoms. The van der Waals surface area contributed by atoms with Gasteiger partial charge in [-0.05, 0) is 26.2 Å². The first-order chi connectivity index (χ1) is 8.07. The maximum absolute atomic E-state index is 10.7. The van der Waals surface area contributed by atoms with Gasteiger partial charge in [0.25, 0.3) is 0 Å². The molecule has 0 saturated carbocycles. The Morgan fingerprint density at radius 3 is 1.76 bits per heavy atom. The molecule has 0 saturated heterocycles. The smallest absolute Gasteiger partial charge is 0.331 e. The number of allylic oxidation sites excluding steroid dienone is 1. The number of unbranched alkanes of at least 4 members (excludes halogenated alkanes) is 5. The lowest BCUT2D eigenvalue weighted by Crippen LogP contribution is -1.99.